The molecule has 1 unspecified atom stereocenters. The van der Waals surface area contributed by atoms with Crippen molar-refractivity contribution >= 4 is 23.1 Å². The fourth-order valence-electron chi connectivity index (χ4n) is 4.72. The van der Waals surface area contributed by atoms with E-state index in [-0.39, 0.29) is 23.5 Å². The normalized spacial score (nSPS) is 19.8. The second kappa shape index (κ2) is 11.6. The molecule has 0 saturated carbocycles. The number of hydrogen-bond donors (Lipinski definition) is 2. The highest BCUT2D eigenvalue weighted by molar-refractivity contribution is 8.02. The van der Waals surface area contributed by atoms with Crippen LogP contribution in [0.1, 0.15) is 36.6 Å². The summed E-state index contributed by atoms with van der Waals surface area (Å²) in [6.07, 6.45) is 8.93. The Morgan fingerprint density at radius 2 is 2.03 bits per heavy atom. The van der Waals surface area contributed by atoms with Crippen molar-refractivity contribution in [3.05, 3.63) is 88.7 Å². The SMILES string of the molecule is Fc1cccc(NCC2=CSC(c3cnn(CC4=CC=CCC=C4OC(F)(F)F)c3)N2)c1N1CCCCC1. The summed E-state index contributed by atoms with van der Waals surface area (Å²) in [5.74, 6) is -0.424. The van der Waals surface area contributed by atoms with Crippen molar-refractivity contribution in [3.63, 3.8) is 0 Å². The lowest BCUT2D eigenvalue weighted by molar-refractivity contribution is -0.304. The molecule has 0 spiro atoms. The summed E-state index contributed by atoms with van der Waals surface area (Å²) >= 11 is 1.58. The monoisotopic (exact) mass is 547 g/mol. The maximum Gasteiger partial charge on any atom is 0.573 e. The summed E-state index contributed by atoms with van der Waals surface area (Å²) in [6.45, 7) is 2.35. The van der Waals surface area contributed by atoms with Crippen LogP contribution in [0.2, 0.25) is 0 Å². The van der Waals surface area contributed by atoms with Gasteiger partial charge >= 0.3 is 6.36 Å². The number of para-hydroxylation sites is 1. The number of rotatable bonds is 8. The van der Waals surface area contributed by atoms with Crippen LogP contribution in [0.15, 0.2) is 77.3 Å². The lowest BCUT2D eigenvalue weighted by atomic mass is 10.1. The molecule has 2 aromatic rings. The second-order valence-corrected chi connectivity index (χ2v) is 10.3. The Morgan fingerprint density at radius 1 is 1.18 bits per heavy atom. The number of ether oxygens (including phenoxy) is 1. The van der Waals surface area contributed by atoms with E-state index in [9.17, 15) is 17.6 Å². The fraction of sp³-hybridized carbons (Fsp3) is 0.370. The number of nitrogens with zero attached hydrogens (tertiary/aromatic N) is 3. The zero-order valence-corrected chi connectivity index (χ0v) is 21.5. The van der Waals surface area contributed by atoms with E-state index in [2.05, 4.69) is 25.4 Å². The smallest absolute Gasteiger partial charge is 0.406 e. The van der Waals surface area contributed by atoms with Crippen molar-refractivity contribution in [1.29, 1.82) is 0 Å². The van der Waals surface area contributed by atoms with Crippen LogP contribution in [-0.2, 0) is 11.3 Å². The van der Waals surface area contributed by atoms with E-state index in [1.807, 2.05) is 17.7 Å². The van der Waals surface area contributed by atoms with Gasteiger partial charge in [0, 0.05) is 36.1 Å². The molecule has 0 bridgehead atoms. The number of aromatic nitrogens is 2. The number of alkyl halides is 3. The average molecular weight is 548 g/mol. The summed E-state index contributed by atoms with van der Waals surface area (Å²) in [5.41, 5.74) is 3.64. The van der Waals surface area contributed by atoms with E-state index >= 15 is 0 Å². The van der Waals surface area contributed by atoms with Gasteiger partial charge in [-0.2, -0.15) is 5.10 Å². The van der Waals surface area contributed by atoms with Crippen molar-refractivity contribution in [2.75, 3.05) is 29.9 Å². The van der Waals surface area contributed by atoms with Gasteiger partial charge in [-0.15, -0.1) is 24.9 Å². The maximum atomic E-state index is 14.7. The minimum Gasteiger partial charge on any atom is -0.406 e. The van der Waals surface area contributed by atoms with E-state index < -0.39 is 6.36 Å². The first-order valence-electron chi connectivity index (χ1n) is 12.6. The molecule has 0 amide bonds. The molecule has 1 aromatic carbocycles. The van der Waals surface area contributed by atoms with Gasteiger partial charge < -0.3 is 20.3 Å². The molecule has 11 heteroatoms. The zero-order valence-electron chi connectivity index (χ0n) is 20.7. The Bertz CT molecular complexity index is 1260. The Kier molecular flexibility index (Phi) is 8.01. The number of benzene rings is 1. The molecular weight excluding hydrogens is 518 g/mol. The van der Waals surface area contributed by atoms with Crippen LogP contribution in [0.25, 0.3) is 0 Å². The molecule has 1 atom stereocenters. The van der Waals surface area contributed by atoms with Crippen molar-refractivity contribution < 1.29 is 22.3 Å². The first kappa shape index (κ1) is 26.3. The molecule has 2 N–H and O–H groups in total. The molecule has 38 heavy (non-hydrogen) atoms. The maximum absolute atomic E-state index is 14.7. The summed E-state index contributed by atoms with van der Waals surface area (Å²) in [5, 5.41) is 13.1. The molecule has 1 aliphatic carbocycles. The van der Waals surface area contributed by atoms with Crippen molar-refractivity contribution in [3.8, 4) is 0 Å². The predicted octanol–water partition coefficient (Wildman–Crippen LogP) is 6.61. The third-order valence-corrected chi connectivity index (χ3v) is 7.58. The Labute approximate surface area is 223 Å². The van der Waals surface area contributed by atoms with Gasteiger partial charge in [-0.1, -0.05) is 24.3 Å². The van der Waals surface area contributed by atoms with Gasteiger partial charge in [0.25, 0.3) is 0 Å². The molecule has 202 valence electrons. The molecule has 6 nitrogen and oxygen atoms in total. The van der Waals surface area contributed by atoms with E-state index in [0.717, 1.165) is 42.9 Å². The summed E-state index contributed by atoms with van der Waals surface area (Å²) < 4.78 is 59.1. The third kappa shape index (κ3) is 6.56. The molecule has 0 radical (unpaired) electrons. The fourth-order valence-corrected chi connectivity index (χ4v) is 5.67. The highest BCUT2D eigenvalue weighted by Crippen LogP contribution is 2.36. The van der Waals surface area contributed by atoms with Crippen LogP contribution in [0.4, 0.5) is 28.9 Å². The van der Waals surface area contributed by atoms with E-state index in [0.29, 0.717) is 24.2 Å². The van der Waals surface area contributed by atoms with Crippen molar-refractivity contribution in [2.24, 2.45) is 0 Å². The van der Waals surface area contributed by atoms with Gasteiger partial charge in [-0.25, -0.2) is 4.39 Å². The summed E-state index contributed by atoms with van der Waals surface area (Å²) in [6, 6.07) is 5.12. The number of anilines is 2. The number of hydrogen-bond acceptors (Lipinski definition) is 6. The molecule has 3 heterocycles. The topological polar surface area (TPSA) is 54.4 Å². The molecule has 5 rings (SSSR count). The van der Waals surface area contributed by atoms with E-state index in [1.54, 1.807) is 46.9 Å². The number of halogens is 4. The lowest BCUT2D eigenvalue weighted by Gasteiger charge is -2.31. The number of thioether (sulfide) groups is 1. The van der Waals surface area contributed by atoms with Crippen molar-refractivity contribution in [2.45, 2.75) is 44.0 Å². The Morgan fingerprint density at radius 3 is 2.84 bits per heavy atom. The minimum atomic E-state index is -4.76. The molecule has 1 aromatic heterocycles. The Balaban J connectivity index is 1.19. The predicted molar refractivity (Wildman–Crippen MR) is 142 cm³/mol. The van der Waals surface area contributed by atoms with Gasteiger partial charge in [-0.05, 0) is 49.3 Å². The van der Waals surface area contributed by atoms with Crippen molar-refractivity contribution in [1.82, 2.24) is 15.1 Å². The number of piperidine rings is 1. The molecule has 1 saturated heterocycles. The van der Waals surface area contributed by atoms with Crippen LogP contribution in [0.5, 0.6) is 0 Å². The molecule has 1 fully saturated rings. The average Bonchev–Trinajstić information content (AvgIpc) is 3.50. The summed E-state index contributed by atoms with van der Waals surface area (Å²) in [4.78, 5) is 2.11. The van der Waals surface area contributed by atoms with E-state index in [4.69, 9.17) is 0 Å². The molecule has 2 aliphatic heterocycles. The van der Waals surface area contributed by atoms with Crippen LogP contribution in [0, 0.1) is 5.82 Å². The zero-order chi connectivity index (χ0) is 26.5. The van der Waals surface area contributed by atoms with Crippen LogP contribution in [-0.4, -0.2) is 35.8 Å². The van der Waals surface area contributed by atoms with Crippen LogP contribution >= 0.6 is 11.8 Å². The van der Waals surface area contributed by atoms with Crippen LogP contribution < -0.4 is 15.5 Å². The number of nitrogens with one attached hydrogen (secondary N) is 2. The van der Waals surface area contributed by atoms with Gasteiger partial charge in [-0.3, -0.25) is 4.68 Å². The van der Waals surface area contributed by atoms with E-state index in [1.165, 1.54) is 18.6 Å². The Hall–Kier alpha value is -3.34. The van der Waals surface area contributed by atoms with Gasteiger partial charge in [0.05, 0.1) is 30.7 Å². The molecular formula is C27H29F4N5OS. The second-order valence-electron chi connectivity index (χ2n) is 9.28. The largest absolute Gasteiger partial charge is 0.573 e. The number of allylic oxidation sites excluding steroid dienone is 5. The van der Waals surface area contributed by atoms with Gasteiger partial charge in [0.2, 0.25) is 0 Å². The minimum absolute atomic E-state index is 0.0842. The first-order chi connectivity index (χ1) is 18.4. The van der Waals surface area contributed by atoms with Gasteiger partial charge in [0.15, 0.2) is 0 Å². The third-order valence-electron chi connectivity index (χ3n) is 6.49. The quantitative estimate of drug-likeness (QED) is 0.363. The summed E-state index contributed by atoms with van der Waals surface area (Å²) in [7, 11) is 0. The standard InChI is InChI=1S/C27H29F4N5OS/c28-22-9-7-10-23(25(22)35-12-5-2-6-13-35)32-15-21-18-38-26(34-21)20-14-33-36(17-20)16-19-8-3-1-4-11-24(19)37-27(29,30)31/h1,3,7-11,14,17-18,26,32,34H,2,4-6,12-13,15-16H2. The lowest BCUT2D eigenvalue weighted by Crippen LogP contribution is -2.31. The first-order valence-corrected chi connectivity index (χ1v) is 13.5. The highest BCUT2D eigenvalue weighted by Gasteiger charge is 2.33. The molecule has 3 aliphatic rings. The highest BCUT2D eigenvalue weighted by atomic mass is 32.2. The van der Waals surface area contributed by atoms with Gasteiger partial charge in [0.1, 0.15) is 17.0 Å². The van der Waals surface area contributed by atoms with Crippen LogP contribution in [0.3, 0.4) is 0 Å².